The minimum Gasteiger partial charge on any atom is -0.480 e. The van der Waals surface area contributed by atoms with E-state index >= 15 is 0 Å². The first kappa shape index (κ1) is 15.6. The molecule has 1 fully saturated rings. The molecule has 130 valence electrons. The summed E-state index contributed by atoms with van der Waals surface area (Å²) < 4.78 is 3.85. The van der Waals surface area contributed by atoms with Crippen LogP contribution in [0.5, 0.6) is 0 Å². The largest absolute Gasteiger partial charge is 0.480 e. The summed E-state index contributed by atoms with van der Waals surface area (Å²) in [6, 6.07) is 0.288. The van der Waals surface area contributed by atoms with Crippen molar-refractivity contribution in [3.8, 4) is 0 Å². The Hall–Kier alpha value is -2.94. The Morgan fingerprint density at radius 2 is 2.00 bits per heavy atom. The molecule has 1 aliphatic heterocycles. The number of aromatic nitrogens is 5. The average Bonchev–Trinajstić information content (AvgIpc) is 3.25. The third-order valence-corrected chi connectivity index (χ3v) is 4.47. The SMILES string of the molecule is O=C(O)CN1CCC(n2cc(Nc3nccn4ccnc34)cn2)CC1. The Morgan fingerprint density at radius 1 is 1.24 bits per heavy atom. The maximum Gasteiger partial charge on any atom is 0.317 e. The smallest absolute Gasteiger partial charge is 0.317 e. The number of rotatable bonds is 5. The number of piperidine rings is 1. The molecular formula is C16H19N7O2. The van der Waals surface area contributed by atoms with Gasteiger partial charge in [-0.2, -0.15) is 5.10 Å². The molecule has 3 aromatic rings. The Bertz CT molecular complexity index is 879. The van der Waals surface area contributed by atoms with Crippen LogP contribution in [-0.2, 0) is 4.79 Å². The normalized spacial score (nSPS) is 16.3. The van der Waals surface area contributed by atoms with Crippen LogP contribution in [0, 0.1) is 0 Å². The first-order valence-electron chi connectivity index (χ1n) is 8.22. The molecule has 3 aromatic heterocycles. The van der Waals surface area contributed by atoms with Crippen LogP contribution < -0.4 is 5.32 Å². The van der Waals surface area contributed by atoms with Crippen LogP contribution in [0.2, 0.25) is 0 Å². The van der Waals surface area contributed by atoms with Crippen molar-refractivity contribution in [1.29, 1.82) is 0 Å². The lowest BCUT2D eigenvalue weighted by molar-refractivity contribution is -0.138. The number of carbonyl (C=O) groups is 1. The van der Waals surface area contributed by atoms with Gasteiger partial charge in [0.15, 0.2) is 11.5 Å². The summed E-state index contributed by atoms with van der Waals surface area (Å²) in [7, 11) is 0. The first-order chi connectivity index (χ1) is 12.2. The van der Waals surface area contributed by atoms with Crippen LogP contribution in [0.4, 0.5) is 11.5 Å². The summed E-state index contributed by atoms with van der Waals surface area (Å²) in [6.07, 6.45) is 12.7. The predicted molar refractivity (Wildman–Crippen MR) is 90.8 cm³/mol. The number of imidazole rings is 1. The molecule has 0 radical (unpaired) electrons. The van der Waals surface area contributed by atoms with Crippen molar-refractivity contribution >= 4 is 23.1 Å². The Kier molecular flexibility index (Phi) is 4.06. The van der Waals surface area contributed by atoms with E-state index in [1.807, 2.05) is 32.6 Å². The zero-order valence-electron chi connectivity index (χ0n) is 13.6. The number of hydrogen-bond donors (Lipinski definition) is 2. The molecule has 0 aliphatic carbocycles. The van der Waals surface area contributed by atoms with Gasteiger partial charge >= 0.3 is 5.97 Å². The molecule has 0 saturated carbocycles. The van der Waals surface area contributed by atoms with Crippen LogP contribution >= 0.6 is 0 Å². The molecule has 1 saturated heterocycles. The van der Waals surface area contributed by atoms with Gasteiger partial charge in [-0.25, -0.2) is 9.97 Å². The minimum atomic E-state index is -0.773. The van der Waals surface area contributed by atoms with Gasteiger partial charge in [0.1, 0.15) is 0 Å². The number of carboxylic acids is 1. The fourth-order valence-electron chi connectivity index (χ4n) is 3.21. The predicted octanol–water partition coefficient (Wildman–Crippen LogP) is 1.39. The number of anilines is 2. The summed E-state index contributed by atoms with van der Waals surface area (Å²) in [6.45, 7) is 1.65. The van der Waals surface area contributed by atoms with E-state index in [1.165, 1.54) is 0 Å². The maximum absolute atomic E-state index is 10.8. The van der Waals surface area contributed by atoms with Crippen molar-refractivity contribution in [2.45, 2.75) is 18.9 Å². The summed E-state index contributed by atoms with van der Waals surface area (Å²) in [5.74, 6) is -0.0898. The van der Waals surface area contributed by atoms with Crippen molar-refractivity contribution in [1.82, 2.24) is 29.0 Å². The number of hydrogen-bond acceptors (Lipinski definition) is 6. The van der Waals surface area contributed by atoms with Crippen molar-refractivity contribution < 1.29 is 9.90 Å². The van der Waals surface area contributed by atoms with E-state index in [2.05, 4.69) is 20.4 Å². The lowest BCUT2D eigenvalue weighted by atomic mass is 10.1. The van der Waals surface area contributed by atoms with Gasteiger partial charge in [0.2, 0.25) is 0 Å². The quantitative estimate of drug-likeness (QED) is 0.723. The zero-order chi connectivity index (χ0) is 17.2. The number of carboxylic acid groups (broad SMARTS) is 1. The van der Waals surface area contributed by atoms with Gasteiger partial charge in [0.05, 0.1) is 24.5 Å². The standard InChI is InChI=1S/C16H19N7O2/c24-14(25)11-21-5-1-13(2-6-21)23-10-12(9-19-23)20-15-16-18-4-8-22(16)7-3-17-15/h3-4,7-10,13H,1-2,5-6,11H2,(H,17,20)(H,24,25). The van der Waals surface area contributed by atoms with Crippen LogP contribution in [0.1, 0.15) is 18.9 Å². The molecule has 0 unspecified atom stereocenters. The molecule has 0 bridgehead atoms. The van der Waals surface area contributed by atoms with Crippen LogP contribution in [0.15, 0.2) is 37.2 Å². The van der Waals surface area contributed by atoms with Gasteiger partial charge in [-0.3, -0.25) is 14.4 Å². The van der Waals surface area contributed by atoms with Crippen molar-refractivity contribution in [2.24, 2.45) is 0 Å². The van der Waals surface area contributed by atoms with Crippen molar-refractivity contribution in [3.63, 3.8) is 0 Å². The van der Waals surface area contributed by atoms with Gasteiger partial charge in [0, 0.05) is 44.1 Å². The Labute approximate surface area is 143 Å². The second kappa shape index (κ2) is 6.52. The molecule has 25 heavy (non-hydrogen) atoms. The first-order valence-corrected chi connectivity index (χ1v) is 8.22. The number of nitrogens with zero attached hydrogens (tertiary/aromatic N) is 6. The van der Waals surface area contributed by atoms with Crippen molar-refractivity contribution in [2.75, 3.05) is 25.0 Å². The third kappa shape index (κ3) is 3.31. The number of fused-ring (bicyclic) bond motifs is 1. The maximum atomic E-state index is 10.8. The van der Waals surface area contributed by atoms with Gasteiger partial charge in [0.25, 0.3) is 0 Å². The lowest BCUT2D eigenvalue weighted by Crippen LogP contribution is -2.38. The Balaban J connectivity index is 1.43. The molecule has 2 N–H and O–H groups in total. The summed E-state index contributed by atoms with van der Waals surface area (Å²) in [5, 5.41) is 16.6. The minimum absolute atomic E-state index is 0.110. The second-order valence-electron chi connectivity index (χ2n) is 6.17. The van der Waals surface area contributed by atoms with Crippen LogP contribution in [0.3, 0.4) is 0 Å². The molecule has 0 atom stereocenters. The molecule has 0 aromatic carbocycles. The zero-order valence-corrected chi connectivity index (χ0v) is 13.6. The average molecular weight is 341 g/mol. The number of likely N-dealkylation sites (tertiary alicyclic amines) is 1. The molecule has 1 aliphatic rings. The highest BCUT2D eigenvalue weighted by Crippen LogP contribution is 2.24. The summed E-state index contributed by atoms with van der Waals surface area (Å²) >= 11 is 0. The third-order valence-electron chi connectivity index (χ3n) is 4.47. The topological polar surface area (TPSA) is 101 Å². The lowest BCUT2D eigenvalue weighted by Gasteiger charge is -2.30. The molecule has 9 nitrogen and oxygen atoms in total. The van der Waals surface area contributed by atoms with E-state index in [4.69, 9.17) is 5.11 Å². The fraction of sp³-hybridized carbons (Fsp3) is 0.375. The van der Waals surface area contributed by atoms with Crippen LogP contribution in [-0.4, -0.2) is 59.8 Å². The summed E-state index contributed by atoms with van der Waals surface area (Å²) in [5.41, 5.74) is 1.62. The van der Waals surface area contributed by atoms with Gasteiger partial charge < -0.3 is 14.8 Å². The molecule has 9 heteroatoms. The highest BCUT2D eigenvalue weighted by molar-refractivity contribution is 5.69. The fourth-order valence-corrected chi connectivity index (χ4v) is 3.21. The number of aliphatic carboxylic acids is 1. The van der Waals surface area contributed by atoms with E-state index in [0.717, 1.165) is 37.3 Å². The van der Waals surface area contributed by atoms with Crippen molar-refractivity contribution in [3.05, 3.63) is 37.2 Å². The van der Waals surface area contributed by atoms with E-state index in [9.17, 15) is 4.79 Å². The van der Waals surface area contributed by atoms with Gasteiger partial charge in [-0.05, 0) is 12.8 Å². The summed E-state index contributed by atoms with van der Waals surface area (Å²) in [4.78, 5) is 21.4. The highest BCUT2D eigenvalue weighted by Gasteiger charge is 2.22. The van der Waals surface area contributed by atoms with E-state index in [0.29, 0.717) is 5.82 Å². The second-order valence-corrected chi connectivity index (χ2v) is 6.17. The highest BCUT2D eigenvalue weighted by atomic mass is 16.4. The molecule has 4 heterocycles. The molecule has 0 amide bonds. The molecular weight excluding hydrogens is 322 g/mol. The molecule has 0 spiro atoms. The molecule has 4 rings (SSSR count). The van der Waals surface area contributed by atoms with E-state index < -0.39 is 5.97 Å². The van der Waals surface area contributed by atoms with Gasteiger partial charge in [-0.1, -0.05) is 0 Å². The Morgan fingerprint density at radius 3 is 2.76 bits per heavy atom. The van der Waals surface area contributed by atoms with E-state index in [1.54, 1.807) is 18.6 Å². The number of nitrogens with one attached hydrogen (secondary N) is 1. The van der Waals surface area contributed by atoms with E-state index in [-0.39, 0.29) is 12.6 Å². The monoisotopic (exact) mass is 341 g/mol. The van der Waals surface area contributed by atoms with Crippen LogP contribution in [0.25, 0.3) is 5.65 Å². The van der Waals surface area contributed by atoms with Gasteiger partial charge in [-0.15, -0.1) is 0 Å².